The van der Waals surface area contributed by atoms with Crippen LogP contribution < -0.4 is 0 Å². The molecule has 0 aromatic heterocycles. The molecule has 0 saturated heterocycles. The van der Waals surface area contributed by atoms with Gasteiger partial charge < -0.3 is 5.53 Å². The summed E-state index contributed by atoms with van der Waals surface area (Å²) in [7, 11) is 0. The molecule has 0 atom stereocenters. The predicted octanol–water partition coefficient (Wildman–Crippen LogP) is 10.7. The van der Waals surface area contributed by atoms with Gasteiger partial charge in [-0.2, -0.15) is 0 Å². The summed E-state index contributed by atoms with van der Waals surface area (Å²) in [5.41, 5.74) is 19.5. The molecule has 0 radical (unpaired) electrons. The minimum atomic E-state index is 0. The molecular formula is C34H48N2Ni. The zero-order valence-electron chi connectivity index (χ0n) is 23.5. The molecule has 204 valence electrons. The van der Waals surface area contributed by atoms with Gasteiger partial charge in [0, 0.05) is 39.3 Å². The molecule has 0 aliphatic carbocycles. The van der Waals surface area contributed by atoms with Gasteiger partial charge in [-0.15, -0.1) is 0 Å². The van der Waals surface area contributed by atoms with Gasteiger partial charge in [0.1, 0.15) is 0 Å². The second-order valence-corrected chi connectivity index (χ2v) is 10.5. The molecular weight excluding hydrogens is 495 g/mol. The molecule has 3 heteroatoms. The molecule has 1 aliphatic heterocycles. The van der Waals surface area contributed by atoms with Crippen molar-refractivity contribution in [3.63, 3.8) is 0 Å². The van der Waals surface area contributed by atoms with Gasteiger partial charge >= 0.3 is 0 Å². The molecule has 0 bridgehead atoms. The van der Waals surface area contributed by atoms with E-state index < -0.39 is 0 Å². The topological polar surface area (TPSA) is 25.3 Å². The molecule has 1 aliphatic rings. The van der Waals surface area contributed by atoms with Crippen molar-refractivity contribution < 1.29 is 21.2 Å². The SMILES string of the molecule is CCCCCCCCc1ccc(C2=C(CCCCCC)C=C(c3cccc(CCCC)c3)[N+]2=[N-])cc1.[Ni]. The average molecular weight is 543 g/mol. The van der Waals surface area contributed by atoms with Crippen molar-refractivity contribution in [2.45, 2.75) is 117 Å². The summed E-state index contributed by atoms with van der Waals surface area (Å²) >= 11 is 0. The predicted molar refractivity (Wildman–Crippen MR) is 156 cm³/mol. The molecule has 37 heavy (non-hydrogen) atoms. The van der Waals surface area contributed by atoms with Crippen LogP contribution >= 0.6 is 0 Å². The van der Waals surface area contributed by atoms with Crippen molar-refractivity contribution in [1.82, 2.24) is 0 Å². The zero-order valence-corrected chi connectivity index (χ0v) is 24.5. The molecule has 0 unspecified atom stereocenters. The Labute approximate surface area is 237 Å². The third-order valence-corrected chi connectivity index (χ3v) is 7.44. The van der Waals surface area contributed by atoms with Gasteiger partial charge in [0.25, 0.3) is 0 Å². The van der Waals surface area contributed by atoms with Gasteiger partial charge in [-0.3, -0.25) is 0 Å². The van der Waals surface area contributed by atoms with Crippen LogP contribution in [0.3, 0.4) is 0 Å². The van der Waals surface area contributed by atoms with Gasteiger partial charge in [-0.05, 0) is 73.9 Å². The van der Waals surface area contributed by atoms with Crippen LogP contribution in [0.4, 0.5) is 0 Å². The van der Waals surface area contributed by atoms with E-state index >= 15 is 0 Å². The van der Waals surface area contributed by atoms with E-state index in [4.69, 9.17) is 0 Å². The third-order valence-electron chi connectivity index (χ3n) is 7.44. The fraction of sp³-hybridized carbons (Fsp3) is 0.529. The average Bonchev–Trinajstić information content (AvgIpc) is 3.23. The van der Waals surface area contributed by atoms with Gasteiger partial charge in [-0.1, -0.05) is 103 Å². The summed E-state index contributed by atoms with van der Waals surface area (Å²) in [6, 6.07) is 17.7. The first kappa shape index (κ1) is 31.2. The third kappa shape index (κ3) is 9.68. The Hall–Kier alpha value is -1.99. The zero-order chi connectivity index (χ0) is 25.6. The second-order valence-electron chi connectivity index (χ2n) is 10.5. The van der Waals surface area contributed by atoms with E-state index in [2.05, 4.69) is 75.4 Å². The number of allylic oxidation sites excluding steroid dienone is 2. The largest absolute Gasteiger partial charge is 0.493 e. The van der Waals surface area contributed by atoms with Crippen molar-refractivity contribution in [1.29, 1.82) is 0 Å². The van der Waals surface area contributed by atoms with Crippen LogP contribution in [0.2, 0.25) is 0 Å². The Kier molecular flexibility index (Phi) is 14.8. The number of benzene rings is 2. The molecule has 2 aromatic carbocycles. The maximum Gasteiger partial charge on any atom is 0.210 e. The van der Waals surface area contributed by atoms with Crippen molar-refractivity contribution in [3.05, 3.63) is 88.0 Å². The van der Waals surface area contributed by atoms with E-state index in [0.29, 0.717) is 0 Å². The fourth-order valence-corrected chi connectivity index (χ4v) is 5.20. The van der Waals surface area contributed by atoms with Gasteiger partial charge in [0.15, 0.2) is 0 Å². The van der Waals surface area contributed by atoms with Crippen LogP contribution in [-0.4, -0.2) is 4.70 Å². The van der Waals surface area contributed by atoms with Crippen LogP contribution in [0.25, 0.3) is 16.9 Å². The number of hydrogen-bond donors (Lipinski definition) is 0. The minimum Gasteiger partial charge on any atom is -0.493 e. The number of nitrogens with zero attached hydrogens (tertiary/aromatic N) is 2. The normalized spacial score (nSPS) is 13.2. The van der Waals surface area contributed by atoms with Crippen molar-refractivity contribution in [2.24, 2.45) is 0 Å². The molecule has 0 N–H and O–H groups in total. The summed E-state index contributed by atoms with van der Waals surface area (Å²) in [6.07, 6.45) is 20.8. The monoisotopic (exact) mass is 542 g/mol. The van der Waals surface area contributed by atoms with Crippen molar-refractivity contribution >= 4 is 11.4 Å². The van der Waals surface area contributed by atoms with E-state index in [1.54, 1.807) is 0 Å². The summed E-state index contributed by atoms with van der Waals surface area (Å²) in [5.74, 6) is 0. The van der Waals surface area contributed by atoms with Crippen LogP contribution in [-0.2, 0) is 29.3 Å². The van der Waals surface area contributed by atoms with E-state index in [1.165, 1.54) is 92.0 Å². The quantitative estimate of drug-likeness (QED) is 0.108. The standard InChI is InChI=1S/C34H48N2.Ni/c1-4-7-10-12-13-14-18-28-22-24-30(25-23-28)34-32(20-15-11-8-5-2)27-33(36(34)35)31-21-16-19-29(26-31)17-9-6-3;/h16,19,21-27H,4-15,17-18,20H2,1-3H3;. The Morgan fingerprint density at radius 1 is 0.595 bits per heavy atom. The Bertz CT molecular complexity index is 1020. The van der Waals surface area contributed by atoms with Crippen molar-refractivity contribution in [2.75, 3.05) is 0 Å². The fourth-order valence-electron chi connectivity index (χ4n) is 5.20. The number of aryl methyl sites for hydroxylation is 2. The number of rotatable bonds is 17. The smallest absolute Gasteiger partial charge is 0.210 e. The maximum absolute atomic E-state index is 11.4. The van der Waals surface area contributed by atoms with Gasteiger partial charge in [0.05, 0.1) is 0 Å². The molecule has 2 aromatic rings. The first-order chi connectivity index (χ1) is 17.7. The molecule has 3 rings (SSSR count). The van der Waals surface area contributed by atoms with Gasteiger partial charge in [0.2, 0.25) is 11.4 Å². The Morgan fingerprint density at radius 3 is 1.89 bits per heavy atom. The molecule has 0 fully saturated rings. The van der Waals surface area contributed by atoms with E-state index in [1.807, 2.05) is 0 Å². The molecule has 2 nitrogen and oxygen atoms in total. The maximum atomic E-state index is 11.4. The molecule has 1 heterocycles. The Balaban J connectivity index is 0.00000481. The second kappa shape index (κ2) is 17.5. The number of hydrogen-bond acceptors (Lipinski definition) is 0. The van der Waals surface area contributed by atoms with E-state index in [9.17, 15) is 5.53 Å². The molecule has 0 amide bonds. The molecule has 0 spiro atoms. The summed E-state index contributed by atoms with van der Waals surface area (Å²) < 4.78 is 1.46. The van der Waals surface area contributed by atoms with Gasteiger partial charge in [-0.25, -0.2) is 4.70 Å². The number of unbranched alkanes of at least 4 members (excludes halogenated alkanes) is 9. The van der Waals surface area contributed by atoms with Crippen LogP contribution in [0.1, 0.15) is 126 Å². The summed E-state index contributed by atoms with van der Waals surface area (Å²) in [6.45, 7) is 6.76. The first-order valence-electron chi connectivity index (χ1n) is 14.8. The Morgan fingerprint density at radius 2 is 1.19 bits per heavy atom. The summed E-state index contributed by atoms with van der Waals surface area (Å²) in [4.78, 5) is 0. The minimum absolute atomic E-state index is 0. The molecule has 0 saturated carbocycles. The van der Waals surface area contributed by atoms with E-state index in [-0.39, 0.29) is 16.5 Å². The van der Waals surface area contributed by atoms with Crippen LogP contribution in [0.15, 0.2) is 60.2 Å². The first-order valence-corrected chi connectivity index (χ1v) is 14.8. The van der Waals surface area contributed by atoms with Crippen LogP contribution in [0.5, 0.6) is 0 Å². The summed E-state index contributed by atoms with van der Waals surface area (Å²) in [5, 5.41) is 0. The van der Waals surface area contributed by atoms with E-state index in [0.717, 1.165) is 48.2 Å². The van der Waals surface area contributed by atoms with Crippen LogP contribution in [0, 0.1) is 0 Å². The van der Waals surface area contributed by atoms with Crippen molar-refractivity contribution in [3.8, 4) is 0 Å².